The van der Waals surface area contributed by atoms with Crippen LogP contribution >= 0.6 is 0 Å². The van der Waals surface area contributed by atoms with E-state index in [-0.39, 0.29) is 18.1 Å². The number of amides is 1. The third-order valence-corrected chi connectivity index (χ3v) is 3.88. The van der Waals surface area contributed by atoms with Crippen molar-refractivity contribution in [2.75, 3.05) is 6.61 Å². The van der Waals surface area contributed by atoms with Crippen molar-refractivity contribution >= 4 is 11.9 Å². The molecule has 25 heavy (non-hydrogen) atoms. The lowest BCUT2D eigenvalue weighted by atomic mass is 10.0. The van der Waals surface area contributed by atoms with Gasteiger partial charge in [-0.3, -0.25) is 4.79 Å². The topological polar surface area (TPSA) is 59.8 Å². The minimum Gasteiger partial charge on any atom is -0.466 e. The van der Waals surface area contributed by atoms with Crippen LogP contribution in [0.1, 0.15) is 48.2 Å². The summed E-state index contributed by atoms with van der Waals surface area (Å²) in [6.07, 6.45) is 0. The quantitative estimate of drug-likeness (QED) is 0.773. The highest BCUT2D eigenvalue weighted by Crippen LogP contribution is 2.19. The standard InChI is InChI=1S/C20H25NO4/c1-14-11-17(15(2)25-14)19(23)24-13-18(22)21(20(3,4)5)12-16-9-7-6-8-10-16/h6-11H,12-13H2,1-5H3. The molecule has 5 heteroatoms. The first-order chi connectivity index (χ1) is 11.7. The van der Waals surface area contributed by atoms with E-state index in [1.165, 1.54) is 0 Å². The molecule has 2 rings (SSSR count). The van der Waals surface area contributed by atoms with Crippen molar-refractivity contribution in [1.29, 1.82) is 0 Å². The fourth-order valence-electron chi connectivity index (χ4n) is 2.58. The largest absolute Gasteiger partial charge is 0.466 e. The van der Waals surface area contributed by atoms with Crippen molar-refractivity contribution in [2.45, 2.75) is 46.7 Å². The van der Waals surface area contributed by atoms with Gasteiger partial charge in [-0.1, -0.05) is 30.3 Å². The molecule has 0 aliphatic heterocycles. The molecule has 1 heterocycles. The van der Waals surface area contributed by atoms with Crippen molar-refractivity contribution in [1.82, 2.24) is 4.90 Å². The highest BCUT2D eigenvalue weighted by molar-refractivity contribution is 5.92. The lowest BCUT2D eigenvalue weighted by molar-refractivity contribution is -0.140. The van der Waals surface area contributed by atoms with Gasteiger partial charge < -0.3 is 14.1 Å². The molecule has 5 nitrogen and oxygen atoms in total. The van der Waals surface area contributed by atoms with Gasteiger partial charge in [0.05, 0.1) is 0 Å². The van der Waals surface area contributed by atoms with Gasteiger partial charge in [-0.05, 0) is 46.2 Å². The first-order valence-corrected chi connectivity index (χ1v) is 8.27. The van der Waals surface area contributed by atoms with Gasteiger partial charge in [-0.15, -0.1) is 0 Å². The van der Waals surface area contributed by atoms with E-state index < -0.39 is 5.97 Å². The van der Waals surface area contributed by atoms with Gasteiger partial charge in [-0.25, -0.2) is 4.79 Å². The molecule has 0 N–H and O–H groups in total. The van der Waals surface area contributed by atoms with Gasteiger partial charge in [-0.2, -0.15) is 0 Å². The summed E-state index contributed by atoms with van der Waals surface area (Å²) in [6, 6.07) is 11.4. The minimum absolute atomic E-state index is 0.234. The Hall–Kier alpha value is -2.56. The smallest absolute Gasteiger partial charge is 0.342 e. The van der Waals surface area contributed by atoms with E-state index in [0.717, 1.165) is 5.56 Å². The molecule has 134 valence electrons. The molecule has 1 aromatic carbocycles. The number of hydrogen-bond acceptors (Lipinski definition) is 4. The SMILES string of the molecule is Cc1cc(C(=O)OCC(=O)N(Cc2ccccc2)C(C)(C)C)c(C)o1. The van der Waals surface area contributed by atoms with E-state index in [1.54, 1.807) is 24.8 Å². The van der Waals surface area contributed by atoms with Crippen molar-refractivity contribution in [3.63, 3.8) is 0 Å². The number of esters is 1. The molecule has 1 aromatic heterocycles. The number of nitrogens with zero attached hydrogens (tertiary/aromatic N) is 1. The van der Waals surface area contributed by atoms with Gasteiger partial charge in [0.2, 0.25) is 0 Å². The van der Waals surface area contributed by atoms with Gasteiger partial charge in [0.1, 0.15) is 17.1 Å². The maximum Gasteiger partial charge on any atom is 0.342 e. The Morgan fingerprint density at radius 1 is 1.12 bits per heavy atom. The summed E-state index contributed by atoms with van der Waals surface area (Å²) in [6.45, 7) is 9.49. The van der Waals surface area contributed by atoms with E-state index in [1.807, 2.05) is 51.1 Å². The Labute approximate surface area is 148 Å². The first-order valence-electron chi connectivity index (χ1n) is 8.27. The van der Waals surface area contributed by atoms with E-state index in [4.69, 9.17) is 9.15 Å². The first kappa shape index (κ1) is 18.8. The van der Waals surface area contributed by atoms with E-state index in [9.17, 15) is 9.59 Å². The molecule has 0 aliphatic carbocycles. The van der Waals surface area contributed by atoms with Crippen LogP contribution in [0.2, 0.25) is 0 Å². The average Bonchev–Trinajstić information content (AvgIpc) is 2.88. The molecule has 0 atom stereocenters. The fourth-order valence-corrected chi connectivity index (χ4v) is 2.58. The van der Waals surface area contributed by atoms with Gasteiger partial charge in [0, 0.05) is 12.1 Å². The summed E-state index contributed by atoms with van der Waals surface area (Å²) in [4.78, 5) is 26.5. The van der Waals surface area contributed by atoms with Crippen molar-refractivity contribution in [3.05, 3.63) is 59.0 Å². The van der Waals surface area contributed by atoms with Crippen LogP contribution < -0.4 is 0 Å². The number of hydrogen-bond donors (Lipinski definition) is 0. The maximum atomic E-state index is 12.6. The fraction of sp³-hybridized carbons (Fsp3) is 0.400. The van der Waals surface area contributed by atoms with Crippen molar-refractivity contribution < 1.29 is 18.7 Å². The maximum absolute atomic E-state index is 12.6. The van der Waals surface area contributed by atoms with Crippen LogP contribution in [-0.4, -0.2) is 28.9 Å². The number of carbonyl (C=O) groups is 2. The molecule has 0 radical (unpaired) electrons. The van der Waals surface area contributed by atoms with Gasteiger partial charge in [0.25, 0.3) is 5.91 Å². The van der Waals surface area contributed by atoms with Crippen LogP contribution in [-0.2, 0) is 16.1 Å². The molecule has 0 aliphatic rings. The average molecular weight is 343 g/mol. The van der Waals surface area contributed by atoms with Crippen LogP contribution in [0.3, 0.4) is 0 Å². The monoisotopic (exact) mass is 343 g/mol. The van der Waals surface area contributed by atoms with Gasteiger partial charge in [0.15, 0.2) is 6.61 Å². The minimum atomic E-state index is -0.545. The van der Waals surface area contributed by atoms with Crippen LogP contribution in [0.5, 0.6) is 0 Å². The zero-order valence-corrected chi connectivity index (χ0v) is 15.5. The zero-order valence-electron chi connectivity index (χ0n) is 15.5. The molecule has 1 amide bonds. The van der Waals surface area contributed by atoms with E-state index in [2.05, 4.69) is 0 Å². The number of furan rings is 1. The number of ether oxygens (including phenoxy) is 1. The number of carbonyl (C=O) groups excluding carboxylic acids is 2. The summed E-state index contributed by atoms with van der Waals surface area (Å²) >= 11 is 0. The lowest BCUT2D eigenvalue weighted by Gasteiger charge is -2.35. The lowest BCUT2D eigenvalue weighted by Crippen LogP contribution is -2.46. The number of aryl methyl sites for hydroxylation is 2. The molecule has 0 spiro atoms. The second-order valence-corrected chi connectivity index (χ2v) is 7.04. The Morgan fingerprint density at radius 3 is 2.28 bits per heavy atom. The number of rotatable bonds is 5. The zero-order chi connectivity index (χ0) is 18.6. The highest BCUT2D eigenvalue weighted by atomic mass is 16.5. The molecule has 0 saturated heterocycles. The molecule has 0 fully saturated rings. The molecular weight excluding hydrogens is 318 g/mol. The van der Waals surface area contributed by atoms with Gasteiger partial charge >= 0.3 is 5.97 Å². The third kappa shape index (κ3) is 4.95. The Balaban J connectivity index is 2.04. The predicted octanol–water partition coefficient (Wildman–Crippen LogP) is 3.88. The molecule has 0 saturated carbocycles. The second-order valence-electron chi connectivity index (χ2n) is 7.04. The summed E-state index contributed by atoms with van der Waals surface area (Å²) in [5.74, 6) is 0.349. The second kappa shape index (κ2) is 7.55. The Bertz CT molecular complexity index is 741. The predicted molar refractivity (Wildman–Crippen MR) is 95.2 cm³/mol. The molecule has 2 aromatic rings. The summed E-state index contributed by atoms with van der Waals surface area (Å²) in [7, 11) is 0. The summed E-state index contributed by atoms with van der Waals surface area (Å²) < 4.78 is 10.5. The highest BCUT2D eigenvalue weighted by Gasteiger charge is 2.27. The third-order valence-electron chi connectivity index (χ3n) is 3.88. The molecule has 0 unspecified atom stereocenters. The Morgan fingerprint density at radius 2 is 1.76 bits per heavy atom. The van der Waals surface area contributed by atoms with Crippen LogP contribution in [0.25, 0.3) is 0 Å². The van der Waals surface area contributed by atoms with E-state index >= 15 is 0 Å². The molecular formula is C20H25NO4. The van der Waals surface area contributed by atoms with Crippen LogP contribution in [0.4, 0.5) is 0 Å². The van der Waals surface area contributed by atoms with Crippen LogP contribution in [0.15, 0.2) is 40.8 Å². The summed E-state index contributed by atoms with van der Waals surface area (Å²) in [5, 5.41) is 0. The summed E-state index contributed by atoms with van der Waals surface area (Å²) in [5.41, 5.74) is 0.996. The number of benzene rings is 1. The van der Waals surface area contributed by atoms with Crippen LogP contribution in [0, 0.1) is 13.8 Å². The Kier molecular flexibility index (Phi) is 5.67. The normalized spacial score (nSPS) is 11.2. The van der Waals surface area contributed by atoms with Crippen molar-refractivity contribution in [3.8, 4) is 0 Å². The molecule has 0 bridgehead atoms. The van der Waals surface area contributed by atoms with Crippen molar-refractivity contribution in [2.24, 2.45) is 0 Å². The van der Waals surface area contributed by atoms with E-state index in [0.29, 0.717) is 23.6 Å².